The molecule has 3 rings (SSSR count). The minimum absolute atomic E-state index is 0. The molecule has 1 saturated carbocycles. The summed E-state index contributed by atoms with van der Waals surface area (Å²) in [6, 6.07) is 0.242. The first kappa shape index (κ1) is 26.3. The summed E-state index contributed by atoms with van der Waals surface area (Å²) in [5.74, 6) is 0.545. The Morgan fingerprint density at radius 3 is 2.77 bits per heavy atom. The topological polar surface area (TPSA) is 103 Å². The van der Waals surface area contributed by atoms with E-state index in [0.29, 0.717) is 18.9 Å². The van der Waals surface area contributed by atoms with Crippen molar-refractivity contribution in [1.82, 2.24) is 14.4 Å². The Hall–Kier alpha value is -1.77. The quantitative estimate of drug-likeness (QED) is 0.515. The van der Waals surface area contributed by atoms with Gasteiger partial charge in [0.2, 0.25) is 0 Å². The minimum Gasteiger partial charge on any atom is -0.481 e. The maximum Gasteiger partial charge on any atom is 0.305 e. The second-order valence-electron chi connectivity index (χ2n) is 6.93. The number of nitrogens with zero attached hydrogens (tertiary/aromatic N) is 3. The van der Waals surface area contributed by atoms with Crippen molar-refractivity contribution in [3.05, 3.63) is 34.1 Å². The highest BCUT2D eigenvalue weighted by molar-refractivity contribution is 9.10. The number of ether oxygens (including phenoxy) is 1. The van der Waals surface area contributed by atoms with Crippen molar-refractivity contribution < 1.29 is 14.6 Å². The number of aryl methyl sites for hydroxylation is 1. The van der Waals surface area contributed by atoms with Crippen LogP contribution in [0.1, 0.15) is 76.5 Å². The average Bonchev–Trinajstić information content (AvgIpc) is 3.28. The van der Waals surface area contributed by atoms with Crippen molar-refractivity contribution in [3.63, 3.8) is 0 Å². The minimum atomic E-state index is -0.844. The highest BCUT2D eigenvalue weighted by atomic mass is 79.9. The Bertz CT molecular complexity index is 851. The molecule has 2 atom stereocenters. The summed E-state index contributed by atoms with van der Waals surface area (Å²) in [5.41, 5.74) is 9.00. The first-order valence-electron chi connectivity index (χ1n) is 10.2. The van der Waals surface area contributed by atoms with Crippen LogP contribution in [0.5, 0.6) is 0 Å². The Kier molecular flexibility index (Phi) is 11.2. The molecule has 0 aromatic carbocycles. The van der Waals surface area contributed by atoms with Crippen molar-refractivity contribution in [3.8, 4) is 0 Å². The first-order valence-corrected chi connectivity index (χ1v) is 11.0. The molecule has 2 aromatic rings. The molecule has 1 fully saturated rings. The van der Waals surface area contributed by atoms with Crippen molar-refractivity contribution in [2.45, 2.75) is 72.3 Å². The molecule has 1 unspecified atom stereocenters. The Balaban J connectivity index is 0.00000146. The summed E-state index contributed by atoms with van der Waals surface area (Å²) in [4.78, 5) is 19.8. The zero-order chi connectivity index (χ0) is 21.4. The van der Waals surface area contributed by atoms with Gasteiger partial charge in [0.1, 0.15) is 15.9 Å². The Morgan fingerprint density at radius 2 is 2.13 bits per heavy atom. The number of imidazole rings is 1. The van der Waals surface area contributed by atoms with E-state index in [0.717, 1.165) is 46.6 Å². The van der Waals surface area contributed by atoms with E-state index in [1.165, 1.54) is 0 Å². The molecule has 0 radical (unpaired) electrons. The van der Waals surface area contributed by atoms with Crippen molar-refractivity contribution >= 4 is 33.5 Å². The normalized spacial score (nSPS) is 18.3. The van der Waals surface area contributed by atoms with Crippen LogP contribution in [-0.4, -0.2) is 44.7 Å². The summed E-state index contributed by atoms with van der Waals surface area (Å²) in [6.45, 7) is 6.71. The number of nitrogens with two attached hydrogens (primary N) is 1. The molecule has 1 aliphatic rings. The zero-order valence-electron chi connectivity index (χ0n) is 17.4. The van der Waals surface area contributed by atoms with Gasteiger partial charge in [-0.25, -0.2) is 4.98 Å². The lowest BCUT2D eigenvalue weighted by molar-refractivity contribution is -0.138. The summed E-state index contributed by atoms with van der Waals surface area (Å²) < 4.78 is 8.31. The van der Waals surface area contributed by atoms with Gasteiger partial charge in [0.05, 0.1) is 37.2 Å². The summed E-state index contributed by atoms with van der Waals surface area (Å²) >= 11 is 3.59. The van der Waals surface area contributed by atoms with Crippen molar-refractivity contribution in [2.24, 2.45) is 5.73 Å². The van der Waals surface area contributed by atoms with Crippen LogP contribution in [0.15, 0.2) is 16.9 Å². The molecule has 168 valence electrons. The number of carbonyl (C=O) groups is 1. The number of hydrogen-bond donors (Lipinski definition) is 2. The van der Waals surface area contributed by atoms with E-state index in [9.17, 15) is 4.79 Å². The standard InChI is InChI=1S/C19H25BrN4O3.C2H6.CH4/c1-12-17-18(20)23-19(13-5-6-14(21)10-13)24(17)15(11-22-12)4-2-3-8-27-9-7-16(25)26;1-2;/h2,4,11,13-14H,3,5-10,21H2,1H3,(H,25,26);1-2H3;1H4/b4-2+;;/t13-,14?;;/m1../s1. The number of carboxylic acids is 1. The molecule has 0 amide bonds. The molecule has 30 heavy (non-hydrogen) atoms. The van der Waals surface area contributed by atoms with E-state index < -0.39 is 5.97 Å². The Morgan fingerprint density at radius 1 is 1.40 bits per heavy atom. The van der Waals surface area contributed by atoms with E-state index in [-0.39, 0.29) is 26.5 Å². The van der Waals surface area contributed by atoms with Crippen LogP contribution in [0.2, 0.25) is 0 Å². The largest absolute Gasteiger partial charge is 0.481 e. The maximum atomic E-state index is 10.5. The zero-order valence-corrected chi connectivity index (χ0v) is 19.0. The highest BCUT2D eigenvalue weighted by Gasteiger charge is 2.28. The van der Waals surface area contributed by atoms with Crippen LogP contribution >= 0.6 is 15.9 Å². The molecular formula is C22H35BrN4O3. The van der Waals surface area contributed by atoms with E-state index in [1.54, 1.807) is 0 Å². The number of rotatable bonds is 8. The number of aliphatic carboxylic acids is 1. The maximum absolute atomic E-state index is 10.5. The monoisotopic (exact) mass is 482 g/mol. The number of fused-ring (bicyclic) bond motifs is 1. The van der Waals surface area contributed by atoms with Gasteiger partial charge >= 0.3 is 5.97 Å². The first-order chi connectivity index (χ1) is 14.0. The molecule has 7 nitrogen and oxygen atoms in total. The van der Waals surface area contributed by atoms with Crippen LogP contribution < -0.4 is 5.73 Å². The number of hydrogen-bond acceptors (Lipinski definition) is 5. The van der Waals surface area contributed by atoms with Gasteiger partial charge in [0.25, 0.3) is 0 Å². The predicted octanol–water partition coefficient (Wildman–Crippen LogP) is 4.95. The molecule has 2 heterocycles. The highest BCUT2D eigenvalue weighted by Crippen LogP contribution is 2.36. The van der Waals surface area contributed by atoms with Crippen molar-refractivity contribution in [1.29, 1.82) is 0 Å². The smallest absolute Gasteiger partial charge is 0.305 e. The lowest BCUT2D eigenvalue weighted by Crippen LogP contribution is -2.15. The second kappa shape index (κ2) is 12.8. The van der Waals surface area contributed by atoms with Crippen LogP contribution in [0.25, 0.3) is 11.6 Å². The van der Waals surface area contributed by atoms with E-state index in [4.69, 9.17) is 20.6 Å². The molecule has 8 heteroatoms. The molecule has 0 spiro atoms. The van der Waals surface area contributed by atoms with E-state index in [2.05, 4.69) is 25.3 Å². The summed E-state index contributed by atoms with van der Waals surface area (Å²) in [7, 11) is 0. The molecule has 0 bridgehead atoms. The van der Waals surface area contributed by atoms with Crippen molar-refractivity contribution in [2.75, 3.05) is 13.2 Å². The van der Waals surface area contributed by atoms with Crippen LogP contribution in [0, 0.1) is 6.92 Å². The van der Waals surface area contributed by atoms with Gasteiger partial charge in [-0.1, -0.05) is 27.4 Å². The van der Waals surface area contributed by atoms with Crippen LogP contribution in [-0.2, 0) is 9.53 Å². The molecular weight excluding hydrogens is 448 g/mol. The van der Waals surface area contributed by atoms with Gasteiger partial charge in [0, 0.05) is 12.0 Å². The van der Waals surface area contributed by atoms with Crippen LogP contribution in [0.3, 0.4) is 0 Å². The van der Waals surface area contributed by atoms with Gasteiger partial charge in [-0.05, 0) is 54.6 Å². The summed E-state index contributed by atoms with van der Waals surface area (Å²) in [6.07, 6.45) is 9.66. The molecule has 3 N–H and O–H groups in total. The third kappa shape index (κ3) is 6.62. The van der Waals surface area contributed by atoms with E-state index >= 15 is 0 Å². The molecule has 1 aliphatic carbocycles. The van der Waals surface area contributed by atoms with Gasteiger partial charge < -0.3 is 15.6 Å². The van der Waals surface area contributed by atoms with E-state index in [1.807, 2.05) is 39.1 Å². The third-order valence-corrected chi connectivity index (χ3v) is 5.42. The lowest BCUT2D eigenvalue weighted by Gasteiger charge is -2.12. The fourth-order valence-corrected chi connectivity index (χ4v) is 4.17. The third-order valence-electron chi connectivity index (χ3n) is 4.87. The lowest BCUT2D eigenvalue weighted by atomic mass is 10.1. The Labute approximate surface area is 187 Å². The fourth-order valence-electron chi connectivity index (χ4n) is 3.52. The SMILES string of the molecule is C.CC.Cc1ncc(/C=C/CCOCCC(=O)O)n2c([C@@H]3CCC(N)C3)nc(Br)c12. The predicted molar refractivity (Wildman–Crippen MR) is 125 cm³/mol. The number of carboxylic acid groups (broad SMARTS) is 1. The second-order valence-corrected chi connectivity index (χ2v) is 7.68. The van der Waals surface area contributed by atoms with Gasteiger partial charge in [0.15, 0.2) is 0 Å². The van der Waals surface area contributed by atoms with Gasteiger partial charge in [-0.3, -0.25) is 14.2 Å². The number of aromatic nitrogens is 3. The number of halogens is 1. The fraction of sp³-hybridized carbons (Fsp3) is 0.591. The van der Waals surface area contributed by atoms with Gasteiger partial charge in [-0.2, -0.15) is 0 Å². The molecule has 2 aromatic heterocycles. The average molecular weight is 483 g/mol. The van der Waals surface area contributed by atoms with Crippen LogP contribution in [0.4, 0.5) is 0 Å². The molecule has 0 aliphatic heterocycles. The van der Waals surface area contributed by atoms with Gasteiger partial charge in [-0.15, -0.1) is 0 Å². The summed E-state index contributed by atoms with van der Waals surface area (Å²) in [5, 5.41) is 8.60. The molecule has 0 saturated heterocycles.